The highest BCUT2D eigenvalue weighted by atomic mass is 19.1. The summed E-state index contributed by atoms with van der Waals surface area (Å²) in [5.41, 5.74) is 1.57. The van der Waals surface area contributed by atoms with Gasteiger partial charge in [0.25, 0.3) is 0 Å². The molecule has 0 radical (unpaired) electrons. The van der Waals surface area contributed by atoms with Crippen molar-refractivity contribution in [3.8, 4) is 0 Å². The minimum Gasteiger partial charge on any atom is -0.385 e. The summed E-state index contributed by atoms with van der Waals surface area (Å²) in [4.78, 5) is 4.22. The number of rotatable bonds is 7. The number of hydrogen-bond donors (Lipinski definition) is 2. The van der Waals surface area contributed by atoms with E-state index in [0.29, 0.717) is 18.5 Å². The Morgan fingerprint density at radius 3 is 2.48 bits per heavy atom. The molecule has 0 bridgehead atoms. The van der Waals surface area contributed by atoms with Crippen molar-refractivity contribution in [2.75, 3.05) is 23.7 Å². The molecule has 0 aliphatic heterocycles. The zero-order chi connectivity index (χ0) is 15.1. The van der Waals surface area contributed by atoms with Crippen molar-refractivity contribution in [3.63, 3.8) is 0 Å². The van der Waals surface area contributed by atoms with Gasteiger partial charge in [-0.25, -0.2) is 13.8 Å². The predicted molar refractivity (Wildman–Crippen MR) is 81.6 cm³/mol. The van der Waals surface area contributed by atoms with Gasteiger partial charge in [-0.1, -0.05) is 6.92 Å². The van der Waals surface area contributed by atoms with Crippen molar-refractivity contribution in [1.82, 2.24) is 4.98 Å². The Balaban J connectivity index is 1.88. The first kappa shape index (κ1) is 15.2. The molecule has 2 rings (SSSR count). The van der Waals surface area contributed by atoms with E-state index in [0.717, 1.165) is 30.5 Å². The lowest BCUT2D eigenvalue weighted by atomic mass is 10.1. The lowest BCUT2D eigenvalue weighted by Crippen LogP contribution is -2.07. The van der Waals surface area contributed by atoms with Crippen LogP contribution in [0.5, 0.6) is 0 Å². The van der Waals surface area contributed by atoms with Gasteiger partial charge in [0.1, 0.15) is 17.5 Å². The van der Waals surface area contributed by atoms with Crippen molar-refractivity contribution < 1.29 is 8.78 Å². The van der Waals surface area contributed by atoms with Gasteiger partial charge in [-0.3, -0.25) is 0 Å². The summed E-state index contributed by atoms with van der Waals surface area (Å²) in [6.07, 6.45) is 3.31. The Bertz CT molecular complexity index is 567. The average Bonchev–Trinajstić information content (AvgIpc) is 2.44. The van der Waals surface area contributed by atoms with Crippen molar-refractivity contribution >= 4 is 11.5 Å². The number of pyridine rings is 1. The van der Waals surface area contributed by atoms with E-state index in [4.69, 9.17) is 0 Å². The third-order valence-corrected chi connectivity index (χ3v) is 2.98. The van der Waals surface area contributed by atoms with Crippen LogP contribution in [0.1, 0.15) is 18.9 Å². The van der Waals surface area contributed by atoms with Gasteiger partial charge in [0.2, 0.25) is 0 Å². The molecule has 21 heavy (non-hydrogen) atoms. The molecule has 0 fully saturated rings. The van der Waals surface area contributed by atoms with Gasteiger partial charge < -0.3 is 10.6 Å². The molecule has 1 aromatic heterocycles. The summed E-state index contributed by atoms with van der Waals surface area (Å²) < 4.78 is 26.1. The predicted octanol–water partition coefficient (Wildman–Crippen LogP) is 3.84. The highest BCUT2D eigenvalue weighted by Gasteiger charge is 2.01. The first-order valence-electron chi connectivity index (χ1n) is 7.06. The van der Waals surface area contributed by atoms with Gasteiger partial charge in [-0.2, -0.15) is 0 Å². The van der Waals surface area contributed by atoms with Gasteiger partial charge >= 0.3 is 0 Å². The highest BCUT2D eigenvalue weighted by Crippen LogP contribution is 2.13. The topological polar surface area (TPSA) is 37.0 Å². The zero-order valence-electron chi connectivity index (χ0n) is 12.0. The van der Waals surface area contributed by atoms with Crippen LogP contribution in [-0.2, 0) is 6.42 Å². The maximum absolute atomic E-state index is 13.1. The van der Waals surface area contributed by atoms with Gasteiger partial charge in [-0.15, -0.1) is 0 Å². The summed E-state index contributed by atoms with van der Waals surface area (Å²) in [6, 6.07) is 7.37. The van der Waals surface area contributed by atoms with E-state index >= 15 is 0 Å². The normalized spacial score (nSPS) is 10.4. The molecular weight excluding hydrogens is 272 g/mol. The third-order valence-electron chi connectivity index (χ3n) is 2.98. The smallest absolute Gasteiger partial charge is 0.127 e. The van der Waals surface area contributed by atoms with E-state index in [-0.39, 0.29) is 0 Å². The van der Waals surface area contributed by atoms with E-state index in [1.807, 2.05) is 12.1 Å². The summed E-state index contributed by atoms with van der Waals surface area (Å²) in [5, 5.41) is 6.43. The van der Waals surface area contributed by atoms with Crippen molar-refractivity contribution in [2.45, 2.75) is 19.8 Å². The molecule has 0 saturated heterocycles. The van der Waals surface area contributed by atoms with Crippen LogP contribution in [0, 0.1) is 11.6 Å². The Morgan fingerprint density at radius 1 is 1.00 bits per heavy atom. The zero-order valence-corrected chi connectivity index (χ0v) is 12.0. The second kappa shape index (κ2) is 7.57. The molecule has 2 N–H and O–H groups in total. The van der Waals surface area contributed by atoms with E-state index in [1.54, 1.807) is 6.20 Å². The quantitative estimate of drug-likeness (QED) is 0.814. The molecule has 0 aliphatic rings. The van der Waals surface area contributed by atoms with Crippen LogP contribution in [0.3, 0.4) is 0 Å². The van der Waals surface area contributed by atoms with E-state index in [2.05, 4.69) is 22.5 Å². The summed E-state index contributed by atoms with van der Waals surface area (Å²) >= 11 is 0. The van der Waals surface area contributed by atoms with Crippen molar-refractivity contribution in [3.05, 3.63) is 53.7 Å². The van der Waals surface area contributed by atoms with Crippen LogP contribution >= 0.6 is 0 Å². The molecule has 0 unspecified atom stereocenters. The molecule has 2 aromatic rings. The van der Waals surface area contributed by atoms with Crippen LogP contribution in [-0.4, -0.2) is 18.1 Å². The number of benzene rings is 1. The van der Waals surface area contributed by atoms with Gasteiger partial charge in [-0.05, 0) is 36.6 Å². The van der Waals surface area contributed by atoms with Crippen molar-refractivity contribution in [2.24, 2.45) is 0 Å². The fourth-order valence-electron chi connectivity index (χ4n) is 2.00. The Kier molecular flexibility index (Phi) is 5.49. The fraction of sp³-hybridized carbons (Fsp3) is 0.312. The van der Waals surface area contributed by atoms with Crippen LogP contribution < -0.4 is 10.6 Å². The molecule has 3 nitrogen and oxygen atoms in total. The highest BCUT2D eigenvalue weighted by molar-refractivity contribution is 5.51. The third kappa shape index (κ3) is 5.02. The molecule has 0 atom stereocenters. The van der Waals surface area contributed by atoms with Crippen LogP contribution in [0.15, 0.2) is 36.5 Å². The van der Waals surface area contributed by atoms with E-state index in [9.17, 15) is 8.78 Å². The van der Waals surface area contributed by atoms with Crippen LogP contribution in [0.2, 0.25) is 0 Å². The number of anilines is 2. The molecule has 0 saturated carbocycles. The summed E-state index contributed by atoms with van der Waals surface area (Å²) in [7, 11) is 0. The van der Waals surface area contributed by atoms with Crippen molar-refractivity contribution in [1.29, 1.82) is 0 Å². The lowest BCUT2D eigenvalue weighted by Gasteiger charge is -2.09. The molecule has 0 amide bonds. The first-order valence-corrected chi connectivity index (χ1v) is 7.06. The van der Waals surface area contributed by atoms with Crippen LogP contribution in [0.4, 0.5) is 20.3 Å². The molecule has 1 aromatic carbocycles. The number of halogens is 2. The number of nitrogens with zero attached hydrogens (tertiary/aromatic N) is 1. The minimum atomic E-state index is -0.542. The van der Waals surface area contributed by atoms with Gasteiger partial charge in [0.05, 0.1) is 0 Å². The Labute approximate surface area is 123 Å². The van der Waals surface area contributed by atoms with Gasteiger partial charge in [0.15, 0.2) is 0 Å². The second-order valence-electron chi connectivity index (χ2n) is 4.81. The molecule has 0 aliphatic carbocycles. The average molecular weight is 291 g/mol. The number of nitrogens with one attached hydrogen (secondary N) is 2. The largest absolute Gasteiger partial charge is 0.385 e. The monoisotopic (exact) mass is 291 g/mol. The number of hydrogen-bond acceptors (Lipinski definition) is 3. The molecule has 1 heterocycles. The molecule has 5 heteroatoms. The summed E-state index contributed by atoms with van der Waals surface area (Å²) in [5.74, 6) is -0.265. The van der Waals surface area contributed by atoms with Crippen LogP contribution in [0.25, 0.3) is 0 Å². The summed E-state index contributed by atoms with van der Waals surface area (Å²) in [6.45, 7) is 3.56. The lowest BCUT2D eigenvalue weighted by molar-refractivity contribution is 0.580. The standard InChI is InChI=1S/C16H19F2N3/c1-2-5-20-16-11-15(4-7-21-16)19-6-3-12-8-13(17)10-14(18)9-12/h4,7-11H,2-3,5-6H2,1H3,(H2,19,20,21). The molecule has 0 spiro atoms. The minimum absolute atomic E-state index is 0.542. The Morgan fingerprint density at radius 2 is 1.76 bits per heavy atom. The Hall–Kier alpha value is -2.17. The molecule has 112 valence electrons. The SMILES string of the molecule is CCCNc1cc(NCCc2cc(F)cc(F)c2)ccn1. The maximum Gasteiger partial charge on any atom is 0.127 e. The fourth-order valence-corrected chi connectivity index (χ4v) is 2.00. The molecular formula is C16H19F2N3. The van der Waals surface area contributed by atoms with E-state index in [1.165, 1.54) is 12.1 Å². The van der Waals surface area contributed by atoms with E-state index < -0.39 is 11.6 Å². The first-order chi connectivity index (χ1) is 10.2. The maximum atomic E-state index is 13.1. The number of aromatic nitrogens is 1. The second-order valence-corrected chi connectivity index (χ2v) is 4.81. The van der Waals surface area contributed by atoms with Gasteiger partial charge in [0, 0.05) is 37.1 Å².